The van der Waals surface area contributed by atoms with Gasteiger partial charge in [0.05, 0.1) is 0 Å². The standard InChI is InChI=1S/C20H25FN2S/c1-14-6-11-17(12-18(14)21)22-19(24)23(5)13-15-7-9-16(10-8-15)20(2,3)4/h6-12H,13H2,1-5H3,(H,22,24). The van der Waals surface area contributed by atoms with Gasteiger partial charge in [0.2, 0.25) is 0 Å². The van der Waals surface area contributed by atoms with Crippen molar-refractivity contribution in [3.63, 3.8) is 0 Å². The van der Waals surface area contributed by atoms with Gasteiger partial charge in [0.25, 0.3) is 0 Å². The van der Waals surface area contributed by atoms with Crippen molar-refractivity contribution < 1.29 is 4.39 Å². The summed E-state index contributed by atoms with van der Waals surface area (Å²) in [7, 11) is 1.93. The Labute approximate surface area is 149 Å². The second-order valence-electron chi connectivity index (χ2n) is 7.20. The van der Waals surface area contributed by atoms with Crippen LogP contribution < -0.4 is 5.32 Å². The number of rotatable bonds is 3. The van der Waals surface area contributed by atoms with E-state index in [1.807, 2.05) is 18.0 Å². The van der Waals surface area contributed by atoms with Gasteiger partial charge < -0.3 is 10.2 Å². The van der Waals surface area contributed by atoms with Crippen molar-refractivity contribution in [3.8, 4) is 0 Å². The first-order valence-electron chi connectivity index (χ1n) is 8.04. The van der Waals surface area contributed by atoms with Crippen LogP contribution >= 0.6 is 12.2 Å². The predicted octanol–water partition coefficient (Wildman–Crippen LogP) is 5.26. The highest BCUT2D eigenvalue weighted by Gasteiger charge is 2.13. The molecule has 0 heterocycles. The van der Waals surface area contributed by atoms with Gasteiger partial charge in [0.15, 0.2) is 5.11 Å². The van der Waals surface area contributed by atoms with Gasteiger partial charge in [0.1, 0.15) is 5.82 Å². The molecule has 0 aliphatic heterocycles. The second kappa shape index (κ2) is 7.31. The second-order valence-corrected chi connectivity index (χ2v) is 7.58. The maximum Gasteiger partial charge on any atom is 0.173 e. The summed E-state index contributed by atoms with van der Waals surface area (Å²) in [6.45, 7) is 9.05. The van der Waals surface area contributed by atoms with E-state index in [2.05, 4.69) is 50.4 Å². The van der Waals surface area contributed by atoms with Crippen LogP contribution in [0, 0.1) is 12.7 Å². The molecule has 2 aromatic rings. The van der Waals surface area contributed by atoms with Crippen LogP contribution in [0.15, 0.2) is 42.5 Å². The van der Waals surface area contributed by atoms with Crippen molar-refractivity contribution in [3.05, 3.63) is 65.0 Å². The third-order valence-corrected chi connectivity index (χ3v) is 4.42. The highest BCUT2D eigenvalue weighted by atomic mass is 32.1. The normalized spacial score (nSPS) is 11.2. The first-order chi connectivity index (χ1) is 11.2. The van der Waals surface area contributed by atoms with Crippen LogP contribution in [-0.4, -0.2) is 17.1 Å². The Bertz CT molecular complexity index is 717. The lowest BCUT2D eigenvalue weighted by atomic mass is 9.87. The maximum absolute atomic E-state index is 13.6. The minimum absolute atomic E-state index is 0.150. The fraction of sp³-hybridized carbons (Fsp3) is 0.350. The molecule has 0 fully saturated rings. The Kier molecular flexibility index (Phi) is 5.60. The maximum atomic E-state index is 13.6. The average molecular weight is 344 g/mol. The number of hydrogen-bond acceptors (Lipinski definition) is 1. The Morgan fingerprint density at radius 3 is 2.29 bits per heavy atom. The molecule has 0 amide bonds. The van der Waals surface area contributed by atoms with Gasteiger partial charge in [-0.15, -0.1) is 0 Å². The lowest BCUT2D eigenvalue weighted by Gasteiger charge is -2.23. The third-order valence-electron chi connectivity index (χ3n) is 4.01. The van der Waals surface area contributed by atoms with E-state index in [-0.39, 0.29) is 11.2 Å². The molecular formula is C20H25FN2S. The molecule has 0 saturated heterocycles. The fourth-order valence-corrected chi connectivity index (χ4v) is 2.53. The fourth-order valence-electron chi connectivity index (χ4n) is 2.35. The number of nitrogens with zero attached hydrogens (tertiary/aromatic N) is 1. The summed E-state index contributed by atoms with van der Waals surface area (Å²) in [5, 5.41) is 3.65. The molecule has 0 bridgehead atoms. The molecule has 0 unspecified atom stereocenters. The molecule has 2 nitrogen and oxygen atoms in total. The molecule has 24 heavy (non-hydrogen) atoms. The lowest BCUT2D eigenvalue weighted by Crippen LogP contribution is -2.30. The Morgan fingerprint density at radius 2 is 1.75 bits per heavy atom. The van der Waals surface area contributed by atoms with Crippen LogP contribution in [-0.2, 0) is 12.0 Å². The molecule has 0 aromatic heterocycles. The SMILES string of the molecule is Cc1ccc(NC(=S)N(C)Cc2ccc(C(C)(C)C)cc2)cc1F. The number of hydrogen-bond donors (Lipinski definition) is 1. The van der Waals surface area contributed by atoms with Gasteiger partial charge in [-0.3, -0.25) is 0 Å². The summed E-state index contributed by atoms with van der Waals surface area (Å²) in [5.74, 6) is -0.233. The van der Waals surface area contributed by atoms with Crippen molar-refractivity contribution in [2.45, 2.75) is 39.7 Å². The topological polar surface area (TPSA) is 15.3 Å². The molecule has 0 radical (unpaired) electrons. The zero-order valence-electron chi connectivity index (χ0n) is 15.0. The van der Waals surface area contributed by atoms with Crippen LogP contribution in [0.3, 0.4) is 0 Å². The zero-order chi connectivity index (χ0) is 17.9. The van der Waals surface area contributed by atoms with Crippen LogP contribution in [0.1, 0.15) is 37.5 Å². The molecule has 0 aliphatic carbocycles. The van der Waals surface area contributed by atoms with E-state index in [9.17, 15) is 4.39 Å². The summed E-state index contributed by atoms with van der Waals surface area (Å²) in [6, 6.07) is 13.6. The molecule has 0 aliphatic rings. The summed E-state index contributed by atoms with van der Waals surface area (Å²) in [6.07, 6.45) is 0. The predicted molar refractivity (Wildman–Crippen MR) is 104 cm³/mol. The van der Waals surface area contributed by atoms with Crippen LogP contribution in [0.25, 0.3) is 0 Å². The van der Waals surface area contributed by atoms with Gasteiger partial charge in [-0.1, -0.05) is 51.1 Å². The molecule has 2 rings (SSSR count). The van der Waals surface area contributed by atoms with Crippen molar-refractivity contribution >= 4 is 23.0 Å². The first-order valence-corrected chi connectivity index (χ1v) is 8.45. The van der Waals surface area contributed by atoms with Gasteiger partial charge >= 0.3 is 0 Å². The van der Waals surface area contributed by atoms with E-state index in [4.69, 9.17) is 12.2 Å². The number of aryl methyl sites for hydroxylation is 1. The Balaban J connectivity index is 1.99. The number of benzene rings is 2. The Morgan fingerprint density at radius 1 is 1.12 bits per heavy atom. The molecule has 0 saturated carbocycles. The average Bonchev–Trinajstić information content (AvgIpc) is 2.50. The monoisotopic (exact) mass is 344 g/mol. The van der Waals surface area contributed by atoms with E-state index in [0.29, 0.717) is 22.9 Å². The Hall–Kier alpha value is -1.94. The van der Waals surface area contributed by atoms with E-state index < -0.39 is 0 Å². The van der Waals surface area contributed by atoms with Crippen LogP contribution in [0.4, 0.5) is 10.1 Å². The zero-order valence-corrected chi connectivity index (χ0v) is 15.8. The lowest BCUT2D eigenvalue weighted by molar-refractivity contribution is 0.508. The van der Waals surface area contributed by atoms with Crippen LogP contribution in [0.2, 0.25) is 0 Å². The van der Waals surface area contributed by atoms with E-state index in [0.717, 1.165) is 0 Å². The highest BCUT2D eigenvalue weighted by Crippen LogP contribution is 2.22. The number of anilines is 1. The first kappa shape index (κ1) is 18.4. The molecule has 0 atom stereocenters. The van der Waals surface area contributed by atoms with Gasteiger partial charge in [-0.25, -0.2) is 4.39 Å². The van der Waals surface area contributed by atoms with Gasteiger partial charge in [-0.2, -0.15) is 0 Å². The molecule has 0 spiro atoms. The number of nitrogens with one attached hydrogen (secondary N) is 1. The summed E-state index contributed by atoms with van der Waals surface area (Å²) < 4.78 is 13.6. The largest absolute Gasteiger partial charge is 0.348 e. The summed E-state index contributed by atoms with van der Waals surface area (Å²) >= 11 is 5.41. The molecule has 2 aromatic carbocycles. The summed E-state index contributed by atoms with van der Waals surface area (Å²) in [4.78, 5) is 1.94. The van der Waals surface area contributed by atoms with E-state index in [1.165, 1.54) is 17.2 Å². The highest BCUT2D eigenvalue weighted by molar-refractivity contribution is 7.80. The molecule has 1 N–H and O–H groups in total. The van der Waals surface area contributed by atoms with Crippen molar-refractivity contribution in [2.24, 2.45) is 0 Å². The minimum atomic E-state index is -0.233. The van der Waals surface area contributed by atoms with Gasteiger partial charge in [0, 0.05) is 19.3 Å². The van der Waals surface area contributed by atoms with Gasteiger partial charge in [-0.05, 0) is 53.4 Å². The van der Waals surface area contributed by atoms with Crippen molar-refractivity contribution in [1.82, 2.24) is 4.90 Å². The van der Waals surface area contributed by atoms with E-state index in [1.54, 1.807) is 13.0 Å². The van der Waals surface area contributed by atoms with Crippen LogP contribution in [0.5, 0.6) is 0 Å². The smallest absolute Gasteiger partial charge is 0.173 e. The molecule has 128 valence electrons. The van der Waals surface area contributed by atoms with Crippen molar-refractivity contribution in [1.29, 1.82) is 0 Å². The van der Waals surface area contributed by atoms with Crippen molar-refractivity contribution in [2.75, 3.05) is 12.4 Å². The third kappa shape index (κ3) is 4.78. The number of halogens is 1. The quantitative estimate of drug-likeness (QED) is 0.765. The number of thiocarbonyl (C=S) groups is 1. The molecule has 4 heteroatoms. The molecular weight excluding hydrogens is 319 g/mol. The summed E-state index contributed by atoms with van der Waals surface area (Å²) in [5.41, 5.74) is 3.93. The van der Waals surface area contributed by atoms with E-state index >= 15 is 0 Å². The minimum Gasteiger partial charge on any atom is -0.348 e.